The van der Waals surface area contributed by atoms with Crippen molar-refractivity contribution in [3.8, 4) is 0 Å². The van der Waals surface area contributed by atoms with Crippen molar-refractivity contribution < 1.29 is 19.1 Å². The lowest BCUT2D eigenvalue weighted by Crippen LogP contribution is -2.51. The molecule has 0 aliphatic carbocycles. The molecule has 0 spiro atoms. The van der Waals surface area contributed by atoms with Crippen molar-refractivity contribution in [2.24, 2.45) is 0 Å². The first-order chi connectivity index (χ1) is 14.4. The summed E-state index contributed by atoms with van der Waals surface area (Å²) in [4.78, 5) is 27.2. The molecule has 1 aliphatic rings. The van der Waals surface area contributed by atoms with Gasteiger partial charge in [0.2, 0.25) is 5.91 Å². The van der Waals surface area contributed by atoms with Crippen molar-refractivity contribution in [3.05, 3.63) is 76.4 Å². The summed E-state index contributed by atoms with van der Waals surface area (Å²) in [6.45, 7) is 1.37. The molecule has 1 fully saturated rings. The maximum Gasteiger partial charge on any atom is 0.266 e. The number of nitrogens with zero attached hydrogens (tertiary/aromatic N) is 1. The Balaban J connectivity index is 1.68. The van der Waals surface area contributed by atoms with Crippen LogP contribution in [0.4, 0.5) is 4.39 Å². The summed E-state index contributed by atoms with van der Waals surface area (Å²) in [5.41, 5.74) is 1.65. The van der Waals surface area contributed by atoms with Crippen molar-refractivity contribution in [1.82, 2.24) is 10.2 Å². The minimum atomic E-state index is -0.832. The number of benzene rings is 2. The minimum Gasteiger partial charge on any atom is -0.394 e. The van der Waals surface area contributed by atoms with E-state index < -0.39 is 18.0 Å². The maximum absolute atomic E-state index is 13.1. The van der Waals surface area contributed by atoms with Crippen molar-refractivity contribution in [2.45, 2.75) is 25.4 Å². The van der Waals surface area contributed by atoms with E-state index in [1.54, 1.807) is 25.1 Å². The quantitative estimate of drug-likeness (QED) is 0.507. The van der Waals surface area contributed by atoms with Crippen LogP contribution in [0.25, 0.3) is 6.08 Å². The third-order valence-corrected chi connectivity index (χ3v) is 5.98. The zero-order chi connectivity index (χ0) is 21.7. The Kier molecular flexibility index (Phi) is 7.36. The molecule has 0 saturated carbocycles. The Bertz CT molecular complexity index is 964. The molecule has 0 radical (unpaired) electrons. The lowest BCUT2D eigenvalue weighted by Gasteiger charge is -2.25. The van der Waals surface area contributed by atoms with Gasteiger partial charge in [-0.25, -0.2) is 4.39 Å². The second-order valence-electron chi connectivity index (χ2n) is 6.86. The van der Waals surface area contributed by atoms with Crippen LogP contribution in [-0.4, -0.2) is 44.8 Å². The molecule has 2 aromatic rings. The smallest absolute Gasteiger partial charge is 0.266 e. The summed E-state index contributed by atoms with van der Waals surface area (Å²) in [6, 6.07) is 13.9. The first-order valence-electron chi connectivity index (χ1n) is 9.37. The largest absolute Gasteiger partial charge is 0.394 e. The van der Waals surface area contributed by atoms with Gasteiger partial charge in [0.25, 0.3) is 5.91 Å². The van der Waals surface area contributed by atoms with Crippen LogP contribution in [0.2, 0.25) is 0 Å². The van der Waals surface area contributed by atoms with E-state index in [0.29, 0.717) is 16.9 Å². The lowest BCUT2D eigenvalue weighted by atomic mass is 10.1. The van der Waals surface area contributed by atoms with Gasteiger partial charge in [-0.05, 0) is 42.7 Å². The number of aliphatic hydroxyl groups is 1. The van der Waals surface area contributed by atoms with Crippen LogP contribution in [0.15, 0.2) is 59.5 Å². The Hall–Kier alpha value is -2.55. The van der Waals surface area contributed by atoms with E-state index in [1.807, 2.05) is 30.3 Å². The van der Waals surface area contributed by atoms with Crippen LogP contribution >= 0.6 is 24.0 Å². The summed E-state index contributed by atoms with van der Waals surface area (Å²) in [5, 5.41) is 12.4. The Morgan fingerprint density at radius 1 is 1.23 bits per heavy atom. The molecule has 1 aliphatic heterocycles. The molecule has 0 bridgehead atoms. The van der Waals surface area contributed by atoms with Crippen molar-refractivity contribution in [2.75, 3.05) is 6.61 Å². The second-order valence-corrected chi connectivity index (χ2v) is 8.53. The van der Waals surface area contributed by atoms with Gasteiger partial charge in [-0.15, -0.1) is 0 Å². The molecule has 1 saturated heterocycles. The predicted molar refractivity (Wildman–Crippen MR) is 120 cm³/mol. The molecule has 2 aromatic carbocycles. The minimum absolute atomic E-state index is 0.226. The molecule has 2 atom stereocenters. The van der Waals surface area contributed by atoms with Gasteiger partial charge in [0.05, 0.1) is 17.6 Å². The SMILES string of the molecule is CC(C(=O)N[C@@H](CO)Cc1ccccc1)N1C(=O)/C(=C/c2ccc(F)cc2)SC1=S. The van der Waals surface area contributed by atoms with Gasteiger partial charge >= 0.3 is 0 Å². The highest BCUT2D eigenvalue weighted by atomic mass is 32.2. The summed E-state index contributed by atoms with van der Waals surface area (Å²) in [5.74, 6) is -1.14. The predicted octanol–water partition coefficient (Wildman–Crippen LogP) is 3.14. The van der Waals surface area contributed by atoms with E-state index in [0.717, 1.165) is 17.3 Å². The fraction of sp³-hybridized carbons (Fsp3) is 0.227. The van der Waals surface area contributed by atoms with Gasteiger partial charge in [0.15, 0.2) is 0 Å². The molecule has 1 heterocycles. The van der Waals surface area contributed by atoms with Crippen molar-refractivity contribution in [1.29, 1.82) is 0 Å². The molecular weight excluding hydrogens is 423 g/mol. The molecule has 5 nitrogen and oxygen atoms in total. The molecule has 8 heteroatoms. The van der Waals surface area contributed by atoms with Gasteiger partial charge in [0, 0.05) is 0 Å². The Labute approximate surface area is 184 Å². The van der Waals surface area contributed by atoms with Crippen molar-refractivity contribution >= 4 is 46.2 Å². The van der Waals surface area contributed by atoms with E-state index in [4.69, 9.17) is 12.2 Å². The number of carbonyl (C=O) groups excluding carboxylic acids is 2. The van der Waals surface area contributed by atoms with Gasteiger partial charge in [0.1, 0.15) is 16.2 Å². The highest BCUT2D eigenvalue weighted by Gasteiger charge is 2.38. The van der Waals surface area contributed by atoms with E-state index >= 15 is 0 Å². The fourth-order valence-electron chi connectivity index (χ4n) is 3.02. The highest BCUT2D eigenvalue weighted by Crippen LogP contribution is 2.34. The van der Waals surface area contributed by atoms with Crippen LogP contribution in [0, 0.1) is 5.82 Å². The number of amides is 2. The average Bonchev–Trinajstić information content (AvgIpc) is 3.02. The van der Waals surface area contributed by atoms with E-state index in [2.05, 4.69) is 5.32 Å². The summed E-state index contributed by atoms with van der Waals surface area (Å²) < 4.78 is 13.4. The summed E-state index contributed by atoms with van der Waals surface area (Å²) >= 11 is 6.41. The summed E-state index contributed by atoms with van der Waals surface area (Å²) in [6.07, 6.45) is 2.09. The van der Waals surface area contributed by atoms with Crippen molar-refractivity contribution in [3.63, 3.8) is 0 Å². The van der Waals surface area contributed by atoms with E-state index in [-0.39, 0.29) is 22.7 Å². The number of hydrogen-bond donors (Lipinski definition) is 2. The second kappa shape index (κ2) is 9.97. The molecule has 2 amide bonds. The zero-order valence-corrected chi connectivity index (χ0v) is 17.9. The topological polar surface area (TPSA) is 69.6 Å². The molecule has 2 N–H and O–H groups in total. The molecule has 30 heavy (non-hydrogen) atoms. The normalized spacial score (nSPS) is 17.3. The van der Waals surface area contributed by atoms with Gasteiger partial charge in [-0.3, -0.25) is 14.5 Å². The first kappa shape index (κ1) is 22.1. The third-order valence-electron chi connectivity index (χ3n) is 4.65. The number of hydrogen-bond acceptors (Lipinski definition) is 5. The number of thioether (sulfide) groups is 1. The average molecular weight is 445 g/mol. The first-order valence-corrected chi connectivity index (χ1v) is 10.6. The van der Waals surface area contributed by atoms with Crippen LogP contribution in [0.5, 0.6) is 0 Å². The molecule has 1 unspecified atom stereocenters. The molecule has 0 aromatic heterocycles. The fourth-order valence-corrected chi connectivity index (χ4v) is 4.44. The molecule has 156 valence electrons. The van der Waals surface area contributed by atoms with E-state index in [9.17, 15) is 19.1 Å². The number of halogens is 1. The summed E-state index contributed by atoms with van der Waals surface area (Å²) in [7, 11) is 0. The van der Waals surface area contributed by atoms with Crippen LogP contribution in [0.1, 0.15) is 18.1 Å². The number of thiocarbonyl (C=S) groups is 1. The third kappa shape index (κ3) is 5.33. The lowest BCUT2D eigenvalue weighted by molar-refractivity contribution is -0.132. The van der Waals surface area contributed by atoms with Crippen LogP contribution in [0.3, 0.4) is 0 Å². The Morgan fingerprint density at radius 3 is 2.53 bits per heavy atom. The highest BCUT2D eigenvalue weighted by molar-refractivity contribution is 8.26. The van der Waals surface area contributed by atoms with Crippen LogP contribution < -0.4 is 5.32 Å². The standard InChI is InChI=1S/C22H21FN2O3S2/c1-14(20(27)24-18(13-26)11-15-5-3-2-4-6-15)25-21(28)19(30-22(25)29)12-16-7-9-17(23)10-8-16/h2-10,12,14,18,26H,11,13H2,1H3,(H,24,27)/b19-12-/t14?,18-/m1/s1. The van der Waals surface area contributed by atoms with Gasteiger partial charge in [-0.1, -0.05) is 66.4 Å². The monoisotopic (exact) mass is 444 g/mol. The molecular formula is C22H21FN2O3S2. The number of nitrogens with one attached hydrogen (secondary N) is 1. The van der Waals surface area contributed by atoms with Crippen LogP contribution in [-0.2, 0) is 16.0 Å². The zero-order valence-electron chi connectivity index (χ0n) is 16.2. The van der Waals surface area contributed by atoms with E-state index in [1.165, 1.54) is 17.0 Å². The maximum atomic E-state index is 13.1. The number of carbonyl (C=O) groups is 2. The van der Waals surface area contributed by atoms with Gasteiger partial charge < -0.3 is 10.4 Å². The number of rotatable bonds is 7. The molecule has 3 rings (SSSR count). The Morgan fingerprint density at radius 2 is 1.90 bits per heavy atom. The van der Waals surface area contributed by atoms with Gasteiger partial charge in [-0.2, -0.15) is 0 Å². The number of aliphatic hydroxyl groups excluding tert-OH is 1.